The molecule has 1 unspecified atom stereocenters. The SMILES string of the molecule is COC(=O)N[C@@H](C(=O)N1CCCC1c1nc2ccc(-c3cc4sc(C#Cc5cnc([C@@H]6CCCN6C(=O)[C@@H](NC(=O)O)C(C)C)[nH]5)cc4s3)cc2[nH]1)c1ccccc1. The van der Waals surface area contributed by atoms with E-state index in [4.69, 9.17) is 9.72 Å². The number of rotatable bonds is 9. The van der Waals surface area contributed by atoms with Crippen LogP contribution >= 0.6 is 22.7 Å². The molecule has 2 aliphatic rings. The van der Waals surface area contributed by atoms with Crippen molar-refractivity contribution in [3.05, 3.63) is 94.6 Å². The molecule has 4 amide bonds. The highest BCUT2D eigenvalue weighted by Gasteiger charge is 2.38. The number of alkyl carbamates (subject to hydrolysis) is 1. The van der Waals surface area contributed by atoms with E-state index in [9.17, 15) is 24.3 Å². The number of amides is 4. The van der Waals surface area contributed by atoms with Crippen molar-refractivity contribution in [3.63, 3.8) is 0 Å². The molecule has 0 bridgehead atoms. The number of fused-ring (bicyclic) bond motifs is 2. The quantitative estimate of drug-likeness (QED) is 0.0938. The van der Waals surface area contributed by atoms with Gasteiger partial charge in [0.15, 0.2) is 0 Å². The molecule has 4 atom stereocenters. The summed E-state index contributed by atoms with van der Waals surface area (Å²) in [6, 6.07) is 17.3. The topological polar surface area (TPSA) is 186 Å². The summed E-state index contributed by atoms with van der Waals surface area (Å²) in [6.45, 7) is 4.74. The Labute approximate surface area is 342 Å². The first-order valence-corrected chi connectivity index (χ1v) is 20.8. The lowest BCUT2D eigenvalue weighted by molar-refractivity contribution is -0.135. The molecule has 6 aromatic rings. The number of imidazole rings is 2. The smallest absolute Gasteiger partial charge is 0.407 e. The number of thiophene rings is 2. The first kappa shape index (κ1) is 38.7. The van der Waals surface area contributed by atoms with Crippen LogP contribution in [0, 0.1) is 17.8 Å². The Bertz CT molecular complexity index is 2530. The number of carbonyl (C=O) groups is 4. The largest absolute Gasteiger partial charge is 0.465 e. The lowest BCUT2D eigenvalue weighted by atomic mass is 10.0. The van der Waals surface area contributed by atoms with Crippen LogP contribution in [0.3, 0.4) is 0 Å². The minimum absolute atomic E-state index is 0.194. The van der Waals surface area contributed by atoms with Crippen LogP contribution in [-0.2, 0) is 14.3 Å². The minimum Gasteiger partial charge on any atom is -0.465 e. The molecule has 16 heteroatoms. The van der Waals surface area contributed by atoms with E-state index in [0.717, 1.165) is 61.4 Å². The number of H-pyrrole nitrogens is 2. The molecule has 0 spiro atoms. The van der Waals surface area contributed by atoms with Crippen LogP contribution in [-0.4, -0.2) is 85.1 Å². The Balaban J connectivity index is 0.956. The zero-order chi connectivity index (χ0) is 40.5. The van der Waals surface area contributed by atoms with Crippen molar-refractivity contribution in [2.45, 2.75) is 63.7 Å². The maximum Gasteiger partial charge on any atom is 0.407 e. The van der Waals surface area contributed by atoms with Crippen molar-refractivity contribution in [2.75, 3.05) is 20.2 Å². The molecule has 2 saturated heterocycles. The second-order valence-electron chi connectivity index (χ2n) is 14.8. The fraction of sp³-hybridized carbons (Fsp3) is 0.333. The second-order valence-corrected chi connectivity index (χ2v) is 16.9. The van der Waals surface area contributed by atoms with Crippen molar-refractivity contribution < 1.29 is 29.0 Å². The van der Waals surface area contributed by atoms with Gasteiger partial charge in [-0.1, -0.05) is 50.2 Å². The molecule has 2 aliphatic heterocycles. The number of hydrogen-bond acceptors (Lipinski definition) is 9. The molecule has 0 aliphatic carbocycles. The van der Waals surface area contributed by atoms with E-state index < -0.39 is 24.3 Å². The number of likely N-dealkylation sites (tertiary alicyclic amines) is 2. The van der Waals surface area contributed by atoms with Gasteiger partial charge >= 0.3 is 12.2 Å². The monoisotopic (exact) mass is 818 g/mol. The lowest BCUT2D eigenvalue weighted by Gasteiger charge is -2.29. The Morgan fingerprint density at radius 1 is 0.879 bits per heavy atom. The first-order chi connectivity index (χ1) is 28.1. The first-order valence-electron chi connectivity index (χ1n) is 19.2. The van der Waals surface area contributed by atoms with E-state index in [1.54, 1.807) is 38.7 Å². The van der Waals surface area contributed by atoms with E-state index >= 15 is 0 Å². The van der Waals surface area contributed by atoms with Crippen LogP contribution in [0.2, 0.25) is 0 Å². The lowest BCUT2D eigenvalue weighted by Crippen LogP contribution is -2.50. The number of nitrogens with one attached hydrogen (secondary N) is 4. The van der Waals surface area contributed by atoms with Crippen LogP contribution in [0.15, 0.2) is 66.9 Å². The predicted octanol–water partition coefficient (Wildman–Crippen LogP) is 7.35. The Morgan fingerprint density at radius 2 is 1.60 bits per heavy atom. The molecular formula is C42H42N8O6S2. The number of aromatic nitrogens is 4. The third kappa shape index (κ3) is 7.87. The number of nitrogens with zero attached hydrogens (tertiary/aromatic N) is 4. The Morgan fingerprint density at radius 3 is 2.31 bits per heavy atom. The van der Waals surface area contributed by atoms with Gasteiger partial charge in [0.25, 0.3) is 5.91 Å². The van der Waals surface area contributed by atoms with Gasteiger partial charge in [-0.3, -0.25) is 9.59 Å². The molecule has 14 nitrogen and oxygen atoms in total. The van der Waals surface area contributed by atoms with Gasteiger partial charge in [0.2, 0.25) is 5.91 Å². The maximum absolute atomic E-state index is 14.0. The normalized spacial score (nSPS) is 17.7. The zero-order valence-corrected chi connectivity index (χ0v) is 33.7. The van der Waals surface area contributed by atoms with Crippen LogP contribution < -0.4 is 10.6 Å². The standard InChI is InChI=1S/C42H42N8O6S2/c1-23(2)35(47-41(53)54)39(51)49-17-7-11-30(49)37-43-22-26(44-37)14-15-27-20-33-34(57-27)21-32(58-33)25-13-16-28-29(19-25)46-38(45-28)31-12-8-18-50(31)40(52)36(48-42(55)56-3)24-9-5-4-6-10-24/h4-6,9-10,13,16,19-23,30-31,35-36,47H,7-8,11-12,17-18H2,1-3H3,(H,43,44)(H,45,46)(H,48,55)(H,53,54)/t30-,31?,35-,36+/m0/s1. The van der Waals surface area contributed by atoms with Crippen LogP contribution in [0.25, 0.3) is 30.9 Å². The van der Waals surface area contributed by atoms with E-state index in [1.165, 1.54) is 7.11 Å². The van der Waals surface area contributed by atoms with Gasteiger partial charge in [-0.2, -0.15) is 0 Å². The molecular weight excluding hydrogens is 777 g/mol. The second kappa shape index (κ2) is 16.4. The summed E-state index contributed by atoms with van der Waals surface area (Å²) in [4.78, 5) is 72.6. The molecule has 4 aromatic heterocycles. The van der Waals surface area contributed by atoms with Crippen LogP contribution in [0.4, 0.5) is 9.59 Å². The summed E-state index contributed by atoms with van der Waals surface area (Å²) in [7, 11) is 1.28. The Hall–Kier alpha value is -6.18. The number of methoxy groups -OCH3 is 1. The van der Waals surface area contributed by atoms with Gasteiger partial charge in [0.1, 0.15) is 29.4 Å². The molecule has 5 N–H and O–H groups in total. The highest BCUT2D eigenvalue weighted by molar-refractivity contribution is 7.29. The molecule has 0 radical (unpaired) electrons. The Kier molecular flexibility index (Phi) is 10.9. The summed E-state index contributed by atoms with van der Waals surface area (Å²) in [5.74, 6) is 7.15. The fourth-order valence-electron chi connectivity index (χ4n) is 7.81. The third-order valence-electron chi connectivity index (χ3n) is 10.6. The summed E-state index contributed by atoms with van der Waals surface area (Å²) in [5, 5.41) is 14.4. The van der Waals surface area contributed by atoms with Gasteiger partial charge in [0.05, 0.1) is 41.3 Å². The predicted molar refractivity (Wildman–Crippen MR) is 221 cm³/mol. The van der Waals surface area contributed by atoms with E-state index in [-0.39, 0.29) is 29.8 Å². The summed E-state index contributed by atoms with van der Waals surface area (Å²) < 4.78 is 7.09. The van der Waals surface area contributed by atoms with Crippen molar-refractivity contribution >= 4 is 67.1 Å². The minimum atomic E-state index is -1.22. The van der Waals surface area contributed by atoms with E-state index in [1.807, 2.05) is 50.2 Å². The van der Waals surface area contributed by atoms with E-state index in [2.05, 4.69) is 61.7 Å². The molecule has 6 heterocycles. The fourth-order valence-corrected chi connectivity index (χ4v) is 10.1. The van der Waals surface area contributed by atoms with Gasteiger partial charge in [-0.25, -0.2) is 19.6 Å². The molecule has 298 valence electrons. The number of carboxylic acid groups (broad SMARTS) is 1. The van der Waals surface area contributed by atoms with Crippen molar-refractivity contribution in [3.8, 4) is 22.3 Å². The highest BCUT2D eigenvalue weighted by atomic mass is 32.1. The number of aromatic amines is 2. The molecule has 8 rings (SSSR count). The van der Waals surface area contributed by atoms with Gasteiger partial charge in [-0.15, -0.1) is 22.7 Å². The zero-order valence-electron chi connectivity index (χ0n) is 32.1. The average molecular weight is 819 g/mol. The number of carbonyl (C=O) groups excluding carboxylic acids is 3. The van der Waals surface area contributed by atoms with Crippen molar-refractivity contribution in [2.24, 2.45) is 5.92 Å². The summed E-state index contributed by atoms with van der Waals surface area (Å²) in [6.07, 6.45) is 2.88. The molecule has 2 fully saturated rings. The number of ether oxygens (including phenoxy) is 1. The summed E-state index contributed by atoms with van der Waals surface area (Å²) >= 11 is 3.30. The maximum atomic E-state index is 14.0. The number of hydrogen-bond donors (Lipinski definition) is 5. The van der Waals surface area contributed by atoms with Gasteiger partial charge < -0.3 is 40.2 Å². The highest BCUT2D eigenvalue weighted by Crippen LogP contribution is 2.40. The van der Waals surface area contributed by atoms with Crippen LogP contribution in [0.1, 0.15) is 85.4 Å². The summed E-state index contributed by atoms with van der Waals surface area (Å²) in [5.41, 5.74) is 4.06. The molecule has 0 saturated carbocycles. The van der Waals surface area contributed by atoms with E-state index in [0.29, 0.717) is 36.0 Å². The molecule has 2 aromatic carbocycles. The van der Waals surface area contributed by atoms with Crippen molar-refractivity contribution in [1.82, 2.24) is 40.4 Å². The number of benzene rings is 2. The van der Waals surface area contributed by atoms with Crippen LogP contribution in [0.5, 0.6) is 0 Å². The van der Waals surface area contributed by atoms with Gasteiger partial charge in [0, 0.05) is 27.4 Å². The molecule has 58 heavy (non-hydrogen) atoms. The van der Waals surface area contributed by atoms with Gasteiger partial charge in [-0.05, 0) is 78.8 Å². The van der Waals surface area contributed by atoms with Crippen molar-refractivity contribution in [1.29, 1.82) is 0 Å². The third-order valence-corrected chi connectivity index (χ3v) is 12.9. The average Bonchev–Trinajstić information content (AvgIpc) is 4.07.